The first-order chi connectivity index (χ1) is 10.6. The van der Waals surface area contributed by atoms with E-state index < -0.39 is 0 Å². The number of rotatable bonds is 11. The molecule has 0 aliphatic carbocycles. The minimum atomic E-state index is -0.0513. The van der Waals surface area contributed by atoms with E-state index in [1.54, 1.807) is 0 Å². The Hall–Kier alpha value is -1.30. The molecule has 0 saturated carbocycles. The van der Waals surface area contributed by atoms with Crippen molar-refractivity contribution in [2.75, 3.05) is 20.1 Å². The van der Waals surface area contributed by atoms with Crippen LogP contribution in [0.2, 0.25) is 0 Å². The van der Waals surface area contributed by atoms with Gasteiger partial charge in [0, 0.05) is 13.0 Å². The van der Waals surface area contributed by atoms with Crippen molar-refractivity contribution in [3.63, 3.8) is 0 Å². The number of carbonyl (C=O) groups excluding carboxylic acids is 2. The Labute approximate surface area is 134 Å². The van der Waals surface area contributed by atoms with Gasteiger partial charge in [-0.15, -0.1) is 0 Å². The third kappa shape index (κ3) is 6.64. The number of hydrogen-bond donors (Lipinski definition) is 4. The fraction of sp³-hybridized carbons (Fsp3) is 0.875. The summed E-state index contributed by atoms with van der Waals surface area (Å²) in [4.78, 5) is 23.1. The second-order valence-electron chi connectivity index (χ2n) is 6.19. The van der Waals surface area contributed by atoms with Gasteiger partial charge in [0.1, 0.15) is 0 Å². The van der Waals surface area contributed by atoms with E-state index in [-0.39, 0.29) is 24.0 Å². The summed E-state index contributed by atoms with van der Waals surface area (Å²) in [5, 5.41) is 12.0. The van der Waals surface area contributed by atoms with Crippen LogP contribution >= 0.6 is 0 Å². The van der Waals surface area contributed by atoms with Gasteiger partial charge in [0.2, 0.25) is 5.91 Å². The topological polar surface area (TPSA) is 82.3 Å². The molecule has 0 aromatic carbocycles. The first-order valence-electron chi connectivity index (χ1n) is 8.56. The molecule has 1 heterocycles. The summed E-state index contributed by atoms with van der Waals surface area (Å²) in [5.74, 6) is 0.577. The van der Waals surface area contributed by atoms with E-state index in [9.17, 15) is 9.59 Å². The maximum absolute atomic E-state index is 11.6. The lowest BCUT2D eigenvalue weighted by molar-refractivity contribution is -0.121. The zero-order valence-electron chi connectivity index (χ0n) is 14.2. The Morgan fingerprint density at radius 3 is 2.68 bits per heavy atom. The SMILES string of the molecule is CCC1NC(=O)NC1[C@@H](C)CCCCC(=O)NCCCNC. The maximum Gasteiger partial charge on any atom is 0.315 e. The van der Waals surface area contributed by atoms with Crippen molar-refractivity contribution >= 4 is 11.9 Å². The van der Waals surface area contributed by atoms with Crippen LogP contribution in [0, 0.1) is 5.92 Å². The van der Waals surface area contributed by atoms with Gasteiger partial charge in [-0.3, -0.25) is 4.79 Å². The van der Waals surface area contributed by atoms with Crippen LogP contribution < -0.4 is 21.3 Å². The molecular formula is C16H32N4O2. The molecule has 0 spiro atoms. The van der Waals surface area contributed by atoms with Gasteiger partial charge in [-0.1, -0.05) is 20.3 Å². The van der Waals surface area contributed by atoms with E-state index in [4.69, 9.17) is 0 Å². The zero-order valence-corrected chi connectivity index (χ0v) is 14.2. The molecule has 6 nitrogen and oxygen atoms in total. The Balaban J connectivity index is 2.11. The molecule has 4 N–H and O–H groups in total. The average Bonchev–Trinajstić information content (AvgIpc) is 2.89. The summed E-state index contributed by atoms with van der Waals surface area (Å²) >= 11 is 0. The number of hydrogen-bond acceptors (Lipinski definition) is 3. The largest absolute Gasteiger partial charge is 0.356 e. The first-order valence-corrected chi connectivity index (χ1v) is 8.56. The zero-order chi connectivity index (χ0) is 16.4. The lowest BCUT2D eigenvalue weighted by atomic mass is 9.90. The molecule has 2 unspecified atom stereocenters. The van der Waals surface area contributed by atoms with Crippen molar-refractivity contribution in [1.82, 2.24) is 21.3 Å². The van der Waals surface area contributed by atoms with E-state index in [1.165, 1.54) is 0 Å². The van der Waals surface area contributed by atoms with Crippen LogP contribution in [0.25, 0.3) is 0 Å². The van der Waals surface area contributed by atoms with Crippen molar-refractivity contribution in [2.24, 2.45) is 5.92 Å². The van der Waals surface area contributed by atoms with E-state index in [2.05, 4.69) is 35.1 Å². The monoisotopic (exact) mass is 312 g/mol. The van der Waals surface area contributed by atoms with E-state index in [0.717, 1.165) is 45.2 Å². The number of nitrogens with one attached hydrogen (secondary N) is 4. The van der Waals surface area contributed by atoms with Crippen LogP contribution in [0.1, 0.15) is 52.4 Å². The van der Waals surface area contributed by atoms with Crippen molar-refractivity contribution in [2.45, 2.75) is 64.5 Å². The van der Waals surface area contributed by atoms with Gasteiger partial charge in [0.25, 0.3) is 0 Å². The predicted octanol–water partition coefficient (Wildman–Crippen LogP) is 1.37. The highest BCUT2D eigenvalue weighted by atomic mass is 16.2. The van der Waals surface area contributed by atoms with Crippen molar-refractivity contribution in [3.8, 4) is 0 Å². The normalized spacial score (nSPS) is 22.0. The van der Waals surface area contributed by atoms with Crippen LogP contribution in [0.3, 0.4) is 0 Å². The predicted molar refractivity (Wildman–Crippen MR) is 88.7 cm³/mol. The van der Waals surface area contributed by atoms with Gasteiger partial charge in [0.05, 0.1) is 12.1 Å². The molecule has 0 bridgehead atoms. The first kappa shape index (κ1) is 18.7. The molecule has 3 atom stereocenters. The lowest BCUT2D eigenvalue weighted by Crippen LogP contribution is -2.38. The third-order valence-electron chi connectivity index (χ3n) is 4.34. The second-order valence-corrected chi connectivity index (χ2v) is 6.19. The smallest absolute Gasteiger partial charge is 0.315 e. The van der Waals surface area contributed by atoms with Gasteiger partial charge >= 0.3 is 6.03 Å². The van der Waals surface area contributed by atoms with Gasteiger partial charge in [-0.05, 0) is 45.2 Å². The Morgan fingerprint density at radius 2 is 2.00 bits per heavy atom. The quantitative estimate of drug-likeness (QED) is 0.435. The van der Waals surface area contributed by atoms with Crippen LogP contribution in [0.5, 0.6) is 0 Å². The molecule has 1 aliphatic rings. The molecule has 3 amide bonds. The highest BCUT2D eigenvalue weighted by molar-refractivity contribution is 5.77. The number of carbonyl (C=O) groups is 2. The minimum absolute atomic E-state index is 0.0513. The van der Waals surface area contributed by atoms with Gasteiger partial charge in [-0.2, -0.15) is 0 Å². The lowest BCUT2D eigenvalue weighted by Gasteiger charge is -2.23. The maximum atomic E-state index is 11.6. The summed E-state index contributed by atoms with van der Waals surface area (Å²) in [6.07, 6.45) is 5.48. The number of amides is 3. The molecule has 1 aliphatic heterocycles. The van der Waals surface area contributed by atoms with E-state index in [0.29, 0.717) is 12.3 Å². The fourth-order valence-electron chi connectivity index (χ4n) is 2.96. The van der Waals surface area contributed by atoms with Crippen LogP contribution in [-0.2, 0) is 4.79 Å². The Bertz CT molecular complexity index is 349. The highest BCUT2D eigenvalue weighted by Gasteiger charge is 2.33. The molecule has 0 aromatic rings. The molecule has 1 fully saturated rings. The summed E-state index contributed by atoms with van der Waals surface area (Å²) in [5.41, 5.74) is 0. The Morgan fingerprint density at radius 1 is 1.23 bits per heavy atom. The molecule has 22 heavy (non-hydrogen) atoms. The highest BCUT2D eigenvalue weighted by Crippen LogP contribution is 2.20. The molecular weight excluding hydrogens is 280 g/mol. The summed E-state index contributed by atoms with van der Waals surface area (Å²) < 4.78 is 0. The fourth-order valence-corrected chi connectivity index (χ4v) is 2.96. The van der Waals surface area contributed by atoms with Crippen LogP contribution in [0.15, 0.2) is 0 Å². The van der Waals surface area contributed by atoms with Gasteiger partial charge in [-0.25, -0.2) is 4.79 Å². The summed E-state index contributed by atoms with van der Waals surface area (Å²) in [6, 6.07) is 0.399. The molecule has 0 aromatic heterocycles. The van der Waals surface area contributed by atoms with Gasteiger partial charge < -0.3 is 21.3 Å². The van der Waals surface area contributed by atoms with Crippen LogP contribution in [0.4, 0.5) is 4.79 Å². The van der Waals surface area contributed by atoms with E-state index in [1.807, 2.05) is 7.05 Å². The molecule has 0 radical (unpaired) electrons. The summed E-state index contributed by atoms with van der Waals surface area (Å²) in [7, 11) is 1.91. The Kier molecular flexibility index (Phi) is 8.89. The van der Waals surface area contributed by atoms with E-state index >= 15 is 0 Å². The second kappa shape index (κ2) is 10.4. The molecule has 1 rings (SSSR count). The molecule has 128 valence electrons. The molecule has 1 saturated heterocycles. The van der Waals surface area contributed by atoms with Crippen molar-refractivity contribution in [3.05, 3.63) is 0 Å². The standard InChI is InChI=1S/C16H32N4O2/c1-4-13-15(20-16(22)19-13)12(2)8-5-6-9-14(21)18-11-7-10-17-3/h12-13,15,17H,4-11H2,1-3H3,(H,18,21)(H2,19,20,22)/t12-,13?,15?/m0/s1. The van der Waals surface area contributed by atoms with Crippen molar-refractivity contribution < 1.29 is 9.59 Å². The van der Waals surface area contributed by atoms with Gasteiger partial charge in [0.15, 0.2) is 0 Å². The summed E-state index contributed by atoms with van der Waals surface area (Å²) in [6.45, 7) is 5.94. The molecule has 6 heteroatoms. The minimum Gasteiger partial charge on any atom is -0.356 e. The van der Waals surface area contributed by atoms with Crippen molar-refractivity contribution in [1.29, 1.82) is 0 Å². The average molecular weight is 312 g/mol. The van der Waals surface area contributed by atoms with Crippen LogP contribution in [-0.4, -0.2) is 44.2 Å². The number of urea groups is 1. The number of unbranched alkanes of at least 4 members (excludes halogenated alkanes) is 1. The third-order valence-corrected chi connectivity index (χ3v) is 4.34.